The van der Waals surface area contributed by atoms with Gasteiger partial charge in [0, 0.05) is 25.9 Å². The third-order valence-electron chi connectivity index (χ3n) is 6.54. The number of methoxy groups -OCH3 is 2. The number of aliphatic hydroxyl groups excluding tert-OH is 3. The number of primary amides is 1. The number of H-pyrrole nitrogens is 1. The van der Waals surface area contributed by atoms with E-state index < -0.39 is 78.0 Å². The maximum Gasteiger partial charge on any atom is 0.330 e. The highest BCUT2D eigenvalue weighted by Crippen LogP contribution is 2.34. The molecule has 0 spiro atoms. The van der Waals surface area contributed by atoms with Crippen LogP contribution in [0.5, 0.6) is 5.75 Å². The molecule has 1 saturated heterocycles. The smallest absolute Gasteiger partial charge is 0.330 e. The minimum Gasteiger partial charge on any atom is -0.497 e. The number of aromatic amines is 1. The summed E-state index contributed by atoms with van der Waals surface area (Å²) >= 11 is 0. The highest BCUT2D eigenvalue weighted by Gasteiger charge is 2.52. The van der Waals surface area contributed by atoms with Crippen LogP contribution in [0.15, 0.2) is 58.0 Å². The highest BCUT2D eigenvalue weighted by molar-refractivity contribution is 5.91. The molecule has 0 radical (unpaired) electrons. The fourth-order valence-corrected chi connectivity index (χ4v) is 4.40. The van der Waals surface area contributed by atoms with E-state index in [0.29, 0.717) is 5.75 Å². The quantitative estimate of drug-likeness (QED) is 0.165. The van der Waals surface area contributed by atoms with Gasteiger partial charge < -0.3 is 50.1 Å². The summed E-state index contributed by atoms with van der Waals surface area (Å²) in [7, 11) is 2.72. The molecule has 16 nitrogen and oxygen atoms in total. The topological polar surface area (TPSA) is 234 Å². The van der Waals surface area contributed by atoms with E-state index in [1.54, 1.807) is 24.3 Å². The number of aromatic nitrogens is 2. The molecule has 0 bridgehead atoms. The van der Waals surface area contributed by atoms with Crippen LogP contribution in [0.1, 0.15) is 11.8 Å². The Labute approximate surface area is 231 Å². The Bertz CT molecular complexity index is 1390. The minimum absolute atomic E-state index is 0.0897. The molecule has 0 aliphatic carbocycles. The zero-order chi connectivity index (χ0) is 29.8. The number of amides is 2. The molecule has 0 saturated carbocycles. The zero-order valence-electron chi connectivity index (χ0n) is 21.9. The third-order valence-corrected chi connectivity index (χ3v) is 6.54. The fraction of sp³-hybridized carbons (Fsp3) is 0.440. The molecule has 1 fully saturated rings. The van der Waals surface area contributed by atoms with E-state index in [9.17, 15) is 34.5 Å². The van der Waals surface area contributed by atoms with Crippen molar-refractivity contribution in [1.82, 2.24) is 14.9 Å². The predicted molar refractivity (Wildman–Crippen MR) is 136 cm³/mol. The SMILES string of the molecule is COc1ccc(CNC(=O)C2=C[C@H](O)[C@H](O)[C@@H](O[C@@H](C(N)=O)[C@H]3O[C@@H](n4ccc(=O)[nH]c4=O)[C@H](O)[C@@H]3OC)O2)cc1. The molecule has 2 aliphatic rings. The molecule has 1 aromatic heterocycles. The maximum absolute atomic E-state index is 12.8. The average Bonchev–Trinajstić information content (AvgIpc) is 3.27. The van der Waals surface area contributed by atoms with Crippen LogP contribution in [0.2, 0.25) is 0 Å². The molecule has 2 aliphatic heterocycles. The maximum atomic E-state index is 12.8. The summed E-state index contributed by atoms with van der Waals surface area (Å²) in [5.74, 6) is -1.66. The van der Waals surface area contributed by atoms with Gasteiger partial charge in [-0.25, -0.2) is 4.79 Å². The van der Waals surface area contributed by atoms with Crippen LogP contribution < -0.4 is 27.0 Å². The Hall–Kier alpha value is -4.06. The lowest BCUT2D eigenvalue weighted by Gasteiger charge is -2.35. The van der Waals surface area contributed by atoms with Gasteiger partial charge in [0.2, 0.25) is 12.2 Å². The molecule has 8 atom stereocenters. The first-order chi connectivity index (χ1) is 19.5. The van der Waals surface area contributed by atoms with E-state index in [2.05, 4.69) is 5.32 Å². The Kier molecular flexibility index (Phi) is 9.21. The molecule has 4 rings (SSSR count). The summed E-state index contributed by atoms with van der Waals surface area (Å²) in [6, 6.07) is 7.90. The van der Waals surface area contributed by atoms with Gasteiger partial charge in [-0.3, -0.25) is 23.9 Å². The second kappa shape index (κ2) is 12.6. The molecular formula is C25H30N4O12. The third kappa shape index (κ3) is 6.48. The number of aliphatic hydroxyl groups is 3. The van der Waals surface area contributed by atoms with Crippen LogP contribution in [0.25, 0.3) is 0 Å². The summed E-state index contributed by atoms with van der Waals surface area (Å²) in [4.78, 5) is 50.9. The van der Waals surface area contributed by atoms with Crippen LogP contribution in [0, 0.1) is 0 Å². The standard InChI is InChI=1S/C25H30N4O12/c1-37-12-5-3-11(4-6-12)10-27-22(35)14-9-13(30)16(32)24(39-14)41-20(21(26)34)19-18(38-2)17(33)23(40-19)29-8-7-15(31)28-25(29)36/h3-9,13,16-20,23-24,30,32-33H,10H2,1-2H3,(H2,26,34)(H,27,35)(H,28,31,36)/t13-,16-,17+,18-,19-,20+,23+,24+/m0/s1. The van der Waals surface area contributed by atoms with Gasteiger partial charge in [-0.05, 0) is 23.8 Å². The first-order valence-electron chi connectivity index (χ1n) is 12.3. The van der Waals surface area contributed by atoms with Crippen molar-refractivity contribution in [2.24, 2.45) is 5.73 Å². The van der Waals surface area contributed by atoms with E-state index >= 15 is 0 Å². The van der Waals surface area contributed by atoms with Gasteiger partial charge in [0.25, 0.3) is 11.5 Å². The van der Waals surface area contributed by atoms with Crippen molar-refractivity contribution < 1.29 is 48.6 Å². The van der Waals surface area contributed by atoms with Crippen molar-refractivity contribution in [3.05, 3.63) is 74.8 Å². The minimum atomic E-state index is -1.79. The summed E-state index contributed by atoms with van der Waals surface area (Å²) in [5.41, 5.74) is 4.68. The summed E-state index contributed by atoms with van der Waals surface area (Å²) in [5, 5.41) is 34.2. The molecule has 41 heavy (non-hydrogen) atoms. The van der Waals surface area contributed by atoms with Crippen LogP contribution in [-0.2, 0) is 35.1 Å². The van der Waals surface area contributed by atoms with Gasteiger partial charge >= 0.3 is 5.69 Å². The predicted octanol–water partition coefficient (Wildman–Crippen LogP) is -3.03. The Morgan fingerprint density at radius 3 is 2.44 bits per heavy atom. The number of ether oxygens (including phenoxy) is 5. The van der Waals surface area contributed by atoms with Crippen molar-refractivity contribution in [2.45, 2.75) is 55.7 Å². The largest absolute Gasteiger partial charge is 0.497 e. The van der Waals surface area contributed by atoms with Crippen molar-refractivity contribution in [3.63, 3.8) is 0 Å². The monoisotopic (exact) mass is 578 g/mol. The zero-order valence-corrected chi connectivity index (χ0v) is 21.9. The first-order valence-corrected chi connectivity index (χ1v) is 12.3. The van der Waals surface area contributed by atoms with Crippen LogP contribution in [-0.4, -0.2) is 93.8 Å². The van der Waals surface area contributed by atoms with Gasteiger partial charge in [-0.15, -0.1) is 0 Å². The van der Waals surface area contributed by atoms with Gasteiger partial charge in [0.05, 0.1) is 7.11 Å². The number of hydrogen-bond donors (Lipinski definition) is 6. The molecule has 3 heterocycles. The van der Waals surface area contributed by atoms with E-state index in [1.165, 1.54) is 14.2 Å². The molecule has 2 amide bonds. The average molecular weight is 579 g/mol. The van der Waals surface area contributed by atoms with Crippen molar-refractivity contribution >= 4 is 11.8 Å². The number of hydrogen-bond acceptors (Lipinski definition) is 12. The molecule has 7 N–H and O–H groups in total. The van der Waals surface area contributed by atoms with E-state index in [1.807, 2.05) is 4.98 Å². The van der Waals surface area contributed by atoms with Gasteiger partial charge in [-0.1, -0.05) is 12.1 Å². The normalized spacial score (nSPS) is 28.3. The molecule has 2 aromatic rings. The Balaban J connectivity index is 1.49. The number of carbonyl (C=O) groups excluding carboxylic acids is 2. The molecule has 16 heteroatoms. The van der Waals surface area contributed by atoms with E-state index in [4.69, 9.17) is 29.4 Å². The van der Waals surface area contributed by atoms with E-state index in [-0.39, 0.29) is 6.54 Å². The Morgan fingerprint density at radius 1 is 1.12 bits per heavy atom. The molecular weight excluding hydrogens is 548 g/mol. The molecule has 0 unspecified atom stereocenters. The summed E-state index contributed by atoms with van der Waals surface area (Å²) in [6.07, 6.45) is -10.6. The highest BCUT2D eigenvalue weighted by atomic mass is 16.7. The van der Waals surface area contributed by atoms with Gasteiger partial charge in [0.1, 0.15) is 36.3 Å². The number of carbonyl (C=O) groups is 2. The summed E-state index contributed by atoms with van der Waals surface area (Å²) in [6.45, 7) is 0.0897. The molecule has 1 aromatic carbocycles. The first kappa shape index (κ1) is 29.9. The van der Waals surface area contributed by atoms with Crippen molar-refractivity contribution in [3.8, 4) is 5.75 Å². The fourth-order valence-electron chi connectivity index (χ4n) is 4.40. The van der Waals surface area contributed by atoms with Crippen molar-refractivity contribution in [2.75, 3.05) is 14.2 Å². The van der Waals surface area contributed by atoms with Gasteiger partial charge in [-0.2, -0.15) is 0 Å². The number of benzene rings is 1. The van der Waals surface area contributed by atoms with Crippen LogP contribution in [0.3, 0.4) is 0 Å². The number of nitrogens with zero attached hydrogens (tertiary/aromatic N) is 1. The lowest BCUT2D eigenvalue weighted by Crippen LogP contribution is -2.54. The van der Waals surface area contributed by atoms with Crippen LogP contribution >= 0.6 is 0 Å². The number of nitrogens with one attached hydrogen (secondary N) is 2. The number of rotatable bonds is 10. The second-order valence-electron chi connectivity index (χ2n) is 9.19. The number of nitrogens with two attached hydrogens (primary N) is 1. The van der Waals surface area contributed by atoms with E-state index in [0.717, 1.165) is 28.5 Å². The Morgan fingerprint density at radius 2 is 1.83 bits per heavy atom. The lowest BCUT2D eigenvalue weighted by molar-refractivity contribution is -0.241. The molecule has 222 valence electrons. The second-order valence-corrected chi connectivity index (χ2v) is 9.19. The van der Waals surface area contributed by atoms with Crippen molar-refractivity contribution in [1.29, 1.82) is 0 Å². The van der Waals surface area contributed by atoms with Gasteiger partial charge in [0.15, 0.2) is 18.1 Å². The lowest BCUT2D eigenvalue weighted by atomic mass is 10.0. The summed E-state index contributed by atoms with van der Waals surface area (Å²) < 4.78 is 28.0. The van der Waals surface area contributed by atoms with Crippen LogP contribution in [0.4, 0.5) is 0 Å².